The molecule has 0 saturated carbocycles. The largest absolute Gasteiger partial charge is 0.497 e. The summed E-state index contributed by atoms with van der Waals surface area (Å²) in [4.78, 5) is 17.3. The number of aryl methyl sites for hydroxylation is 1. The lowest BCUT2D eigenvalue weighted by molar-refractivity contribution is 0.101. The smallest absolute Gasteiger partial charge is 0.279 e. The van der Waals surface area contributed by atoms with Gasteiger partial charge in [0.05, 0.1) is 7.11 Å². The number of nitrogens with zero attached hydrogens (tertiary/aromatic N) is 2. The number of rotatable bonds is 5. The van der Waals surface area contributed by atoms with E-state index in [4.69, 9.17) is 9.26 Å². The number of amides is 1. The van der Waals surface area contributed by atoms with Crippen LogP contribution in [0.15, 0.2) is 41.1 Å². The maximum absolute atomic E-state index is 12.0. The monoisotopic (exact) mass is 329 g/mol. The van der Waals surface area contributed by atoms with E-state index in [1.807, 2.05) is 24.3 Å². The molecule has 2 aromatic heterocycles. The van der Waals surface area contributed by atoms with Crippen LogP contribution >= 0.6 is 11.3 Å². The summed E-state index contributed by atoms with van der Waals surface area (Å²) in [6, 6.07) is 9.45. The van der Waals surface area contributed by atoms with Crippen molar-refractivity contribution < 1.29 is 14.1 Å². The van der Waals surface area contributed by atoms with Crippen molar-refractivity contribution in [2.24, 2.45) is 0 Å². The van der Waals surface area contributed by atoms with Crippen molar-refractivity contribution in [3.05, 3.63) is 58.4 Å². The van der Waals surface area contributed by atoms with Crippen LogP contribution in [0.5, 0.6) is 5.75 Å². The molecule has 6 nitrogen and oxygen atoms in total. The SMILES string of the molecule is COc1cccc(Cc2cnc(NC(=O)c3cc(C)on3)s2)c1. The molecule has 0 radical (unpaired) electrons. The van der Waals surface area contributed by atoms with Gasteiger partial charge in [-0.3, -0.25) is 10.1 Å². The summed E-state index contributed by atoms with van der Waals surface area (Å²) in [5.74, 6) is 1.08. The molecule has 118 valence electrons. The Morgan fingerprint density at radius 1 is 1.39 bits per heavy atom. The molecule has 3 aromatic rings. The molecule has 0 aliphatic rings. The van der Waals surface area contributed by atoms with Crippen molar-refractivity contribution >= 4 is 22.4 Å². The molecule has 7 heteroatoms. The van der Waals surface area contributed by atoms with Crippen LogP contribution in [0.3, 0.4) is 0 Å². The Morgan fingerprint density at radius 3 is 3.00 bits per heavy atom. The highest BCUT2D eigenvalue weighted by molar-refractivity contribution is 7.15. The number of thiazole rings is 1. The van der Waals surface area contributed by atoms with Crippen LogP contribution in [-0.2, 0) is 6.42 Å². The Bertz CT molecular complexity index is 825. The molecule has 1 aromatic carbocycles. The number of aromatic nitrogens is 2. The summed E-state index contributed by atoms with van der Waals surface area (Å²) in [6.45, 7) is 1.74. The first kappa shape index (κ1) is 15.2. The predicted octanol–water partition coefficient (Wildman–Crippen LogP) is 3.29. The van der Waals surface area contributed by atoms with E-state index in [0.29, 0.717) is 10.9 Å². The van der Waals surface area contributed by atoms with E-state index in [1.165, 1.54) is 11.3 Å². The molecule has 23 heavy (non-hydrogen) atoms. The third-order valence-electron chi connectivity index (χ3n) is 3.15. The van der Waals surface area contributed by atoms with Gasteiger partial charge >= 0.3 is 0 Å². The van der Waals surface area contributed by atoms with Crippen LogP contribution in [0.4, 0.5) is 5.13 Å². The highest BCUT2D eigenvalue weighted by atomic mass is 32.1. The van der Waals surface area contributed by atoms with Crippen LogP contribution in [-0.4, -0.2) is 23.2 Å². The second-order valence-corrected chi connectivity index (χ2v) is 6.05. The van der Waals surface area contributed by atoms with Crippen LogP contribution in [0.1, 0.15) is 26.7 Å². The van der Waals surface area contributed by atoms with Crippen molar-refractivity contribution in [1.29, 1.82) is 0 Å². The standard InChI is InChI=1S/C16H15N3O3S/c1-10-6-14(19-22-10)15(20)18-16-17-9-13(23-16)8-11-4-3-5-12(7-11)21-2/h3-7,9H,8H2,1-2H3,(H,17,18,20). The van der Waals surface area contributed by atoms with Gasteiger partial charge < -0.3 is 9.26 Å². The van der Waals surface area contributed by atoms with Crippen molar-refractivity contribution in [1.82, 2.24) is 10.1 Å². The lowest BCUT2D eigenvalue weighted by atomic mass is 10.1. The van der Waals surface area contributed by atoms with Gasteiger partial charge in [0, 0.05) is 23.6 Å². The summed E-state index contributed by atoms with van der Waals surface area (Å²) in [7, 11) is 1.64. The van der Waals surface area contributed by atoms with E-state index in [9.17, 15) is 4.79 Å². The van der Waals surface area contributed by atoms with Gasteiger partial charge in [0.1, 0.15) is 11.5 Å². The molecule has 0 unspecified atom stereocenters. The number of ether oxygens (including phenoxy) is 1. The molecular weight excluding hydrogens is 314 g/mol. The fourth-order valence-electron chi connectivity index (χ4n) is 2.07. The molecule has 0 fully saturated rings. The summed E-state index contributed by atoms with van der Waals surface area (Å²) >= 11 is 1.43. The molecule has 2 heterocycles. The van der Waals surface area contributed by atoms with E-state index in [0.717, 1.165) is 22.6 Å². The molecular formula is C16H15N3O3S. The molecule has 0 atom stereocenters. The second kappa shape index (κ2) is 6.62. The lowest BCUT2D eigenvalue weighted by Gasteiger charge is -2.02. The first-order chi connectivity index (χ1) is 11.1. The van der Waals surface area contributed by atoms with E-state index >= 15 is 0 Å². The average Bonchev–Trinajstić information content (AvgIpc) is 3.16. The van der Waals surface area contributed by atoms with Gasteiger partial charge in [-0.15, -0.1) is 11.3 Å². The average molecular weight is 329 g/mol. The summed E-state index contributed by atoms with van der Waals surface area (Å²) in [5, 5.41) is 6.94. The minimum atomic E-state index is -0.330. The molecule has 1 N–H and O–H groups in total. The van der Waals surface area contributed by atoms with Crippen molar-refractivity contribution in [2.45, 2.75) is 13.3 Å². The highest BCUT2D eigenvalue weighted by Crippen LogP contribution is 2.23. The van der Waals surface area contributed by atoms with Crippen LogP contribution < -0.4 is 10.1 Å². The Balaban J connectivity index is 1.67. The molecule has 0 spiro atoms. The number of benzene rings is 1. The Morgan fingerprint density at radius 2 is 2.26 bits per heavy atom. The van der Waals surface area contributed by atoms with Crippen molar-refractivity contribution in [3.8, 4) is 5.75 Å². The predicted molar refractivity (Wildman–Crippen MR) is 87.1 cm³/mol. The van der Waals surface area contributed by atoms with Crippen LogP contribution in [0.2, 0.25) is 0 Å². The van der Waals surface area contributed by atoms with E-state index < -0.39 is 0 Å². The zero-order valence-electron chi connectivity index (χ0n) is 12.7. The van der Waals surface area contributed by atoms with E-state index in [2.05, 4.69) is 15.5 Å². The van der Waals surface area contributed by atoms with Crippen LogP contribution in [0.25, 0.3) is 0 Å². The van der Waals surface area contributed by atoms with Gasteiger partial charge in [0.15, 0.2) is 10.8 Å². The first-order valence-corrected chi connectivity index (χ1v) is 7.78. The molecule has 0 bridgehead atoms. The fourth-order valence-corrected chi connectivity index (χ4v) is 2.91. The minimum absolute atomic E-state index is 0.243. The second-order valence-electron chi connectivity index (χ2n) is 4.94. The van der Waals surface area contributed by atoms with Crippen LogP contribution in [0, 0.1) is 6.92 Å². The topological polar surface area (TPSA) is 77.2 Å². The first-order valence-electron chi connectivity index (χ1n) is 6.96. The lowest BCUT2D eigenvalue weighted by Crippen LogP contribution is -2.11. The maximum atomic E-state index is 12.0. The van der Waals surface area contributed by atoms with Gasteiger partial charge in [-0.05, 0) is 24.6 Å². The highest BCUT2D eigenvalue weighted by Gasteiger charge is 2.13. The van der Waals surface area contributed by atoms with Gasteiger partial charge in [-0.2, -0.15) is 0 Å². The molecule has 1 amide bonds. The Hall–Kier alpha value is -2.67. The zero-order chi connectivity index (χ0) is 16.2. The maximum Gasteiger partial charge on any atom is 0.279 e. The fraction of sp³-hybridized carbons (Fsp3) is 0.188. The molecule has 0 saturated heterocycles. The summed E-state index contributed by atoms with van der Waals surface area (Å²) in [5.41, 5.74) is 1.37. The number of carbonyl (C=O) groups excluding carboxylic acids is 1. The molecule has 3 rings (SSSR count). The molecule has 0 aliphatic carbocycles. The number of nitrogens with one attached hydrogen (secondary N) is 1. The van der Waals surface area contributed by atoms with Crippen molar-refractivity contribution in [2.75, 3.05) is 12.4 Å². The van der Waals surface area contributed by atoms with Gasteiger partial charge in [-0.1, -0.05) is 17.3 Å². The number of anilines is 1. The third kappa shape index (κ3) is 3.75. The minimum Gasteiger partial charge on any atom is -0.497 e. The Labute approximate surface area is 137 Å². The van der Waals surface area contributed by atoms with Gasteiger partial charge in [-0.25, -0.2) is 4.98 Å². The van der Waals surface area contributed by atoms with E-state index in [-0.39, 0.29) is 11.6 Å². The quantitative estimate of drug-likeness (QED) is 0.777. The van der Waals surface area contributed by atoms with Gasteiger partial charge in [0.25, 0.3) is 5.91 Å². The number of hydrogen-bond acceptors (Lipinski definition) is 6. The van der Waals surface area contributed by atoms with Crippen molar-refractivity contribution in [3.63, 3.8) is 0 Å². The van der Waals surface area contributed by atoms with Gasteiger partial charge in [0.2, 0.25) is 0 Å². The zero-order valence-corrected chi connectivity index (χ0v) is 13.5. The summed E-state index contributed by atoms with van der Waals surface area (Å²) < 4.78 is 10.1. The van der Waals surface area contributed by atoms with E-state index in [1.54, 1.807) is 26.3 Å². The number of carbonyl (C=O) groups is 1. The molecule has 0 aliphatic heterocycles. The number of hydrogen-bond donors (Lipinski definition) is 1. The summed E-state index contributed by atoms with van der Waals surface area (Å²) in [6.07, 6.45) is 2.49. The Kier molecular flexibility index (Phi) is 4.38. The third-order valence-corrected chi connectivity index (χ3v) is 4.06. The normalized spacial score (nSPS) is 10.5. The number of methoxy groups -OCH3 is 1.